The zero-order valence-corrected chi connectivity index (χ0v) is 12.9. The molecule has 4 nitrogen and oxygen atoms in total. The number of non-ortho nitro benzene ring substituents is 1. The first-order valence-electron chi connectivity index (χ1n) is 6.73. The van der Waals surface area contributed by atoms with Gasteiger partial charge in [-0.3, -0.25) is 10.1 Å². The summed E-state index contributed by atoms with van der Waals surface area (Å²) in [6, 6.07) is 15.5. The predicted octanol–water partition coefficient (Wildman–Crippen LogP) is 4.17. The lowest BCUT2D eigenvalue weighted by Crippen LogP contribution is -2.11. The molecule has 0 spiro atoms. The van der Waals surface area contributed by atoms with Crippen LogP contribution in [0.2, 0.25) is 0 Å². The highest BCUT2D eigenvalue weighted by molar-refractivity contribution is 7.98. The average Bonchev–Trinajstić information content (AvgIpc) is 2.53. The normalized spacial score (nSPS) is 12.1. The Hall–Kier alpha value is -1.85. The summed E-state index contributed by atoms with van der Waals surface area (Å²) in [6.45, 7) is 2.12. The van der Waals surface area contributed by atoms with Gasteiger partial charge in [0, 0.05) is 28.8 Å². The molecular formula is C16H18N2O2S. The van der Waals surface area contributed by atoms with Crippen molar-refractivity contribution in [1.82, 2.24) is 5.32 Å². The lowest BCUT2D eigenvalue weighted by molar-refractivity contribution is -0.384. The van der Waals surface area contributed by atoms with E-state index in [2.05, 4.69) is 36.5 Å². The zero-order valence-electron chi connectivity index (χ0n) is 12.1. The number of nitro benzene ring substituents is 1. The molecular weight excluding hydrogens is 284 g/mol. The van der Waals surface area contributed by atoms with Crippen molar-refractivity contribution in [3.8, 4) is 0 Å². The highest BCUT2D eigenvalue weighted by Crippen LogP contribution is 2.25. The molecule has 2 rings (SSSR count). The molecule has 0 radical (unpaired) electrons. The van der Waals surface area contributed by atoms with E-state index >= 15 is 0 Å². The molecule has 0 aliphatic heterocycles. The summed E-state index contributed by atoms with van der Waals surface area (Å²) in [7, 11) is 1.94. The van der Waals surface area contributed by atoms with Crippen LogP contribution in [0.25, 0.3) is 0 Å². The van der Waals surface area contributed by atoms with Gasteiger partial charge in [-0.1, -0.05) is 24.3 Å². The van der Waals surface area contributed by atoms with Crippen LogP contribution in [0.1, 0.15) is 24.1 Å². The molecule has 1 atom stereocenters. The van der Waals surface area contributed by atoms with Gasteiger partial charge >= 0.3 is 0 Å². The molecule has 2 aromatic rings. The summed E-state index contributed by atoms with van der Waals surface area (Å²) in [6.07, 6.45) is 0. The van der Waals surface area contributed by atoms with Crippen LogP contribution in [0.3, 0.4) is 0 Å². The number of nitrogens with zero attached hydrogens (tertiary/aromatic N) is 1. The highest BCUT2D eigenvalue weighted by Gasteiger charge is 2.06. The van der Waals surface area contributed by atoms with E-state index in [1.165, 1.54) is 11.6 Å². The number of rotatable bonds is 6. The van der Waals surface area contributed by atoms with Gasteiger partial charge < -0.3 is 5.32 Å². The summed E-state index contributed by atoms with van der Waals surface area (Å²) in [4.78, 5) is 11.6. The van der Waals surface area contributed by atoms with Gasteiger partial charge in [-0.2, -0.15) is 0 Å². The first-order valence-corrected chi connectivity index (χ1v) is 7.72. The fourth-order valence-electron chi connectivity index (χ4n) is 1.95. The Morgan fingerprint density at radius 2 is 1.95 bits per heavy atom. The molecule has 0 aromatic heterocycles. The van der Waals surface area contributed by atoms with Crippen LogP contribution >= 0.6 is 11.8 Å². The molecule has 0 saturated heterocycles. The number of benzene rings is 2. The number of nitrogens with one attached hydrogen (secondary N) is 1. The molecule has 0 aliphatic carbocycles. The average molecular weight is 302 g/mol. The molecule has 0 bridgehead atoms. The van der Waals surface area contributed by atoms with Gasteiger partial charge in [-0.05, 0) is 37.2 Å². The third kappa shape index (κ3) is 4.31. The summed E-state index contributed by atoms with van der Waals surface area (Å²) < 4.78 is 0. The van der Waals surface area contributed by atoms with E-state index in [0.29, 0.717) is 6.04 Å². The van der Waals surface area contributed by atoms with Crippen molar-refractivity contribution in [1.29, 1.82) is 0 Å². The van der Waals surface area contributed by atoms with Gasteiger partial charge in [-0.15, -0.1) is 11.8 Å². The number of thioether (sulfide) groups is 1. The Labute approximate surface area is 128 Å². The van der Waals surface area contributed by atoms with Crippen LogP contribution in [-0.2, 0) is 5.75 Å². The van der Waals surface area contributed by atoms with Crippen LogP contribution in [0.5, 0.6) is 0 Å². The summed E-state index contributed by atoms with van der Waals surface area (Å²) in [5.74, 6) is 0.725. The number of hydrogen-bond acceptors (Lipinski definition) is 4. The van der Waals surface area contributed by atoms with E-state index in [9.17, 15) is 10.1 Å². The van der Waals surface area contributed by atoms with E-state index in [1.807, 2.05) is 13.1 Å². The zero-order chi connectivity index (χ0) is 15.2. The maximum absolute atomic E-state index is 10.7. The molecule has 0 heterocycles. The van der Waals surface area contributed by atoms with Crippen molar-refractivity contribution < 1.29 is 4.92 Å². The van der Waals surface area contributed by atoms with E-state index in [0.717, 1.165) is 16.2 Å². The van der Waals surface area contributed by atoms with Crippen molar-refractivity contribution in [2.24, 2.45) is 0 Å². The standard InChI is InChI=1S/C16H18N2O2S/c1-12(17-2)14-6-8-16(9-7-14)21-11-13-4-3-5-15(10-13)18(19)20/h3-10,12,17H,11H2,1-2H3. The maximum atomic E-state index is 10.7. The van der Waals surface area contributed by atoms with Gasteiger partial charge in [-0.25, -0.2) is 0 Å². The molecule has 2 aromatic carbocycles. The lowest BCUT2D eigenvalue weighted by Gasteiger charge is -2.11. The Bertz CT molecular complexity index is 614. The molecule has 0 saturated carbocycles. The van der Waals surface area contributed by atoms with Crippen LogP contribution in [0.4, 0.5) is 5.69 Å². The topological polar surface area (TPSA) is 55.2 Å². The van der Waals surface area contributed by atoms with Gasteiger partial charge in [0.15, 0.2) is 0 Å². The van der Waals surface area contributed by atoms with Crippen LogP contribution in [-0.4, -0.2) is 12.0 Å². The fourth-order valence-corrected chi connectivity index (χ4v) is 2.79. The molecule has 0 aliphatic rings. The summed E-state index contributed by atoms with van der Waals surface area (Å²) in [5, 5.41) is 14.0. The molecule has 21 heavy (non-hydrogen) atoms. The lowest BCUT2D eigenvalue weighted by atomic mass is 10.1. The minimum absolute atomic E-state index is 0.145. The Balaban J connectivity index is 1.99. The number of nitro groups is 1. The van der Waals surface area contributed by atoms with Crippen molar-refractivity contribution in [2.75, 3.05) is 7.05 Å². The van der Waals surface area contributed by atoms with E-state index < -0.39 is 0 Å². The summed E-state index contributed by atoms with van der Waals surface area (Å²) >= 11 is 1.68. The molecule has 0 fully saturated rings. The molecule has 1 unspecified atom stereocenters. The minimum atomic E-state index is -0.359. The van der Waals surface area contributed by atoms with Crippen molar-refractivity contribution in [3.05, 3.63) is 69.8 Å². The van der Waals surface area contributed by atoms with Gasteiger partial charge in [0.2, 0.25) is 0 Å². The van der Waals surface area contributed by atoms with E-state index in [-0.39, 0.29) is 10.6 Å². The minimum Gasteiger partial charge on any atom is -0.313 e. The van der Waals surface area contributed by atoms with E-state index in [4.69, 9.17) is 0 Å². The first-order chi connectivity index (χ1) is 10.1. The molecule has 0 amide bonds. The Kier molecular flexibility index (Phi) is 5.36. The first kappa shape index (κ1) is 15.5. The van der Waals surface area contributed by atoms with Crippen LogP contribution in [0, 0.1) is 10.1 Å². The Morgan fingerprint density at radius 3 is 2.57 bits per heavy atom. The van der Waals surface area contributed by atoms with E-state index in [1.54, 1.807) is 23.9 Å². The van der Waals surface area contributed by atoms with Gasteiger partial charge in [0.1, 0.15) is 0 Å². The largest absolute Gasteiger partial charge is 0.313 e. The Morgan fingerprint density at radius 1 is 1.24 bits per heavy atom. The number of hydrogen-bond donors (Lipinski definition) is 1. The third-order valence-corrected chi connectivity index (χ3v) is 4.42. The predicted molar refractivity (Wildman–Crippen MR) is 86.6 cm³/mol. The second-order valence-electron chi connectivity index (χ2n) is 4.80. The van der Waals surface area contributed by atoms with Gasteiger partial charge in [0.25, 0.3) is 5.69 Å². The van der Waals surface area contributed by atoms with Crippen LogP contribution in [0.15, 0.2) is 53.4 Å². The monoisotopic (exact) mass is 302 g/mol. The SMILES string of the molecule is CNC(C)c1ccc(SCc2cccc([N+](=O)[O-])c2)cc1. The van der Waals surface area contributed by atoms with Crippen LogP contribution < -0.4 is 5.32 Å². The quantitative estimate of drug-likeness (QED) is 0.494. The molecule has 1 N–H and O–H groups in total. The fraction of sp³-hybridized carbons (Fsp3) is 0.250. The van der Waals surface area contributed by atoms with Crippen molar-refractivity contribution in [2.45, 2.75) is 23.6 Å². The maximum Gasteiger partial charge on any atom is 0.269 e. The van der Waals surface area contributed by atoms with Crippen molar-refractivity contribution >= 4 is 17.4 Å². The van der Waals surface area contributed by atoms with Gasteiger partial charge in [0.05, 0.1) is 4.92 Å². The second kappa shape index (κ2) is 7.24. The molecule has 5 heteroatoms. The molecule has 110 valence electrons. The highest BCUT2D eigenvalue weighted by atomic mass is 32.2. The van der Waals surface area contributed by atoms with Crippen molar-refractivity contribution in [3.63, 3.8) is 0 Å². The second-order valence-corrected chi connectivity index (χ2v) is 5.84. The smallest absolute Gasteiger partial charge is 0.269 e. The third-order valence-electron chi connectivity index (χ3n) is 3.34. The summed E-state index contributed by atoms with van der Waals surface area (Å²) in [5.41, 5.74) is 2.35.